The summed E-state index contributed by atoms with van der Waals surface area (Å²) in [7, 11) is 0. The quantitative estimate of drug-likeness (QED) is 0.548. The summed E-state index contributed by atoms with van der Waals surface area (Å²) >= 11 is 0. The molecule has 0 radical (unpaired) electrons. The molecule has 0 aliphatic carbocycles. The maximum Gasteiger partial charge on any atom is 0.337 e. The Morgan fingerprint density at radius 3 is 2.72 bits per heavy atom. The molecule has 18 heavy (non-hydrogen) atoms. The van der Waals surface area contributed by atoms with Crippen molar-refractivity contribution in [2.75, 3.05) is 11.9 Å². The van der Waals surface area contributed by atoms with Gasteiger partial charge in [0.05, 0.1) is 11.3 Å². The number of aromatic carboxylic acids is 1. The van der Waals surface area contributed by atoms with Crippen molar-refractivity contribution < 1.29 is 14.7 Å². The zero-order chi connectivity index (χ0) is 13.4. The van der Waals surface area contributed by atoms with E-state index < -0.39 is 12.0 Å². The molecule has 94 valence electrons. The number of unbranched alkanes of at least 4 members (excludes halogenated alkanes) is 1. The number of urea groups is 1. The Labute approximate surface area is 105 Å². The lowest BCUT2D eigenvalue weighted by Gasteiger charge is -2.09. The number of hydrogen-bond donors (Lipinski definition) is 3. The monoisotopic (exact) mass is 246 g/mol. The van der Waals surface area contributed by atoms with Crippen LogP contribution in [-0.2, 0) is 0 Å². The van der Waals surface area contributed by atoms with Gasteiger partial charge in [-0.2, -0.15) is 0 Å². The fraction of sp³-hybridized carbons (Fsp3) is 0.231. The minimum absolute atomic E-state index is 0.0521. The lowest BCUT2D eigenvalue weighted by Crippen LogP contribution is -2.30. The second-order valence-corrected chi connectivity index (χ2v) is 3.54. The second kappa shape index (κ2) is 6.97. The van der Waals surface area contributed by atoms with Crippen molar-refractivity contribution in [3.63, 3.8) is 0 Å². The molecule has 0 fully saturated rings. The third kappa shape index (κ3) is 4.18. The van der Waals surface area contributed by atoms with Crippen LogP contribution < -0.4 is 10.6 Å². The third-order valence-electron chi connectivity index (χ3n) is 2.19. The molecule has 0 unspecified atom stereocenters. The van der Waals surface area contributed by atoms with Gasteiger partial charge in [0.15, 0.2) is 0 Å². The zero-order valence-corrected chi connectivity index (χ0v) is 9.77. The van der Waals surface area contributed by atoms with Gasteiger partial charge in [0.25, 0.3) is 0 Å². The van der Waals surface area contributed by atoms with Crippen molar-refractivity contribution in [3.8, 4) is 12.3 Å². The highest BCUT2D eigenvalue weighted by Gasteiger charge is 2.10. The highest BCUT2D eigenvalue weighted by molar-refractivity contribution is 5.99. The van der Waals surface area contributed by atoms with Crippen LogP contribution in [0.2, 0.25) is 0 Å². The molecule has 5 nitrogen and oxygen atoms in total. The van der Waals surface area contributed by atoms with Gasteiger partial charge in [-0.25, -0.2) is 9.59 Å². The molecule has 2 amide bonds. The fourth-order valence-electron chi connectivity index (χ4n) is 1.34. The van der Waals surface area contributed by atoms with E-state index in [4.69, 9.17) is 11.5 Å². The van der Waals surface area contributed by atoms with E-state index in [1.807, 2.05) is 0 Å². The topological polar surface area (TPSA) is 78.4 Å². The molecule has 0 heterocycles. The van der Waals surface area contributed by atoms with Crippen molar-refractivity contribution in [1.29, 1.82) is 0 Å². The molecule has 5 heteroatoms. The number of para-hydroxylation sites is 1. The number of carbonyl (C=O) groups is 2. The molecule has 1 rings (SSSR count). The Morgan fingerprint density at radius 2 is 2.06 bits per heavy atom. The van der Waals surface area contributed by atoms with E-state index >= 15 is 0 Å². The molecule has 0 bridgehead atoms. The molecule has 0 atom stereocenters. The number of amides is 2. The zero-order valence-electron chi connectivity index (χ0n) is 9.77. The van der Waals surface area contributed by atoms with Crippen LogP contribution in [0.4, 0.5) is 10.5 Å². The van der Waals surface area contributed by atoms with E-state index in [-0.39, 0.29) is 11.3 Å². The lowest BCUT2D eigenvalue weighted by molar-refractivity contribution is 0.0698. The van der Waals surface area contributed by atoms with Crippen LogP contribution in [-0.4, -0.2) is 23.7 Å². The molecule has 0 aliphatic heterocycles. The van der Waals surface area contributed by atoms with Gasteiger partial charge >= 0.3 is 12.0 Å². The Hall–Kier alpha value is -2.48. The standard InChI is InChI=1S/C13H14N2O3/c1-2-3-6-9-14-13(18)15-11-8-5-4-7-10(11)12(16)17/h1,4-5,7-8H,3,6,9H2,(H,16,17)(H2,14,15,18). The molecular formula is C13H14N2O3. The first kappa shape index (κ1) is 13.6. The number of hydrogen-bond acceptors (Lipinski definition) is 2. The minimum Gasteiger partial charge on any atom is -0.478 e. The second-order valence-electron chi connectivity index (χ2n) is 3.54. The molecule has 3 N–H and O–H groups in total. The number of rotatable bonds is 5. The Morgan fingerprint density at radius 1 is 1.33 bits per heavy atom. The SMILES string of the molecule is C#CCCCNC(=O)Nc1ccccc1C(=O)O. The van der Waals surface area contributed by atoms with Crippen LogP contribution in [0.25, 0.3) is 0 Å². The van der Waals surface area contributed by atoms with E-state index in [1.165, 1.54) is 12.1 Å². The van der Waals surface area contributed by atoms with Crippen molar-refractivity contribution in [2.45, 2.75) is 12.8 Å². The molecule has 1 aromatic carbocycles. The number of carboxylic acids is 1. The smallest absolute Gasteiger partial charge is 0.337 e. The summed E-state index contributed by atoms with van der Waals surface area (Å²) in [5.41, 5.74) is 0.315. The average molecular weight is 246 g/mol. The summed E-state index contributed by atoms with van der Waals surface area (Å²) in [6.45, 7) is 0.450. The molecule has 0 aliphatic rings. The minimum atomic E-state index is -1.08. The predicted octanol–water partition coefficient (Wildman–Crippen LogP) is 1.92. The lowest BCUT2D eigenvalue weighted by atomic mass is 10.2. The molecular weight excluding hydrogens is 232 g/mol. The van der Waals surface area contributed by atoms with Gasteiger partial charge in [-0.05, 0) is 18.6 Å². The van der Waals surface area contributed by atoms with Gasteiger partial charge in [-0.1, -0.05) is 12.1 Å². The van der Waals surface area contributed by atoms with Gasteiger partial charge in [0.1, 0.15) is 0 Å². The number of carboxylic acid groups (broad SMARTS) is 1. The van der Waals surface area contributed by atoms with Gasteiger partial charge in [0, 0.05) is 13.0 Å². The van der Waals surface area contributed by atoms with Crippen molar-refractivity contribution in [1.82, 2.24) is 5.32 Å². The van der Waals surface area contributed by atoms with Crippen LogP contribution >= 0.6 is 0 Å². The van der Waals surface area contributed by atoms with E-state index in [0.29, 0.717) is 19.4 Å². The van der Waals surface area contributed by atoms with Crippen LogP contribution in [0, 0.1) is 12.3 Å². The Balaban J connectivity index is 2.54. The van der Waals surface area contributed by atoms with E-state index in [9.17, 15) is 9.59 Å². The summed E-state index contributed by atoms with van der Waals surface area (Å²) in [6, 6.07) is 5.77. The van der Waals surface area contributed by atoms with Crippen LogP contribution in [0.15, 0.2) is 24.3 Å². The Kier molecular flexibility index (Phi) is 5.26. The van der Waals surface area contributed by atoms with Crippen LogP contribution in [0.5, 0.6) is 0 Å². The predicted molar refractivity (Wildman–Crippen MR) is 68.5 cm³/mol. The van der Waals surface area contributed by atoms with Crippen molar-refractivity contribution >= 4 is 17.7 Å². The fourth-order valence-corrected chi connectivity index (χ4v) is 1.34. The summed E-state index contributed by atoms with van der Waals surface area (Å²) in [4.78, 5) is 22.4. The van der Waals surface area contributed by atoms with Gasteiger partial charge in [0.2, 0.25) is 0 Å². The van der Waals surface area contributed by atoms with E-state index in [0.717, 1.165) is 0 Å². The highest BCUT2D eigenvalue weighted by atomic mass is 16.4. The number of carbonyl (C=O) groups excluding carboxylic acids is 1. The van der Waals surface area contributed by atoms with Crippen LogP contribution in [0.1, 0.15) is 23.2 Å². The maximum atomic E-state index is 11.5. The summed E-state index contributed by atoms with van der Waals surface area (Å²) < 4.78 is 0. The largest absolute Gasteiger partial charge is 0.478 e. The van der Waals surface area contributed by atoms with Crippen LogP contribution in [0.3, 0.4) is 0 Å². The van der Waals surface area contributed by atoms with Gasteiger partial charge in [-0.3, -0.25) is 0 Å². The molecule has 0 aromatic heterocycles. The van der Waals surface area contributed by atoms with E-state index in [1.54, 1.807) is 12.1 Å². The molecule has 1 aromatic rings. The first-order chi connectivity index (χ1) is 8.65. The molecule has 0 saturated carbocycles. The number of benzene rings is 1. The van der Waals surface area contributed by atoms with E-state index in [2.05, 4.69) is 16.6 Å². The first-order valence-corrected chi connectivity index (χ1v) is 5.45. The maximum absolute atomic E-state index is 11.5. The van der Waals surface area contributed by atoms with Crippen molar-refractivity contribution in [3.05, 3.63) is 29.8 Å². The summed E-state index contributed by atoms with van der Waals surface area (Å²) in [5, 5.41) is 14.0. The Bertz CT molecular complexity index is 477. The number of anilines is 1. The van der Waals surface area contributed by atoms with Gasteiger partial charge < -0.3 is 15.7 Å². The summed E-state index contributed by atoms with van der Waals surface area (Å²) in [5.74, 6) is 1.38. The molecule has 0 spiro atoms. The van der Waals surface area contributed by atoms with Crippen molar-refractivity contribution in [2.24, 2.45) is 0 Å². The summed E-state index contributed by atoms with van der Waals surface area (Å²) in [6.07, 6.45) is 6.35. The first-order valence-electron chi connectivity index (χ1n) is 5.45. The molecule has 0 saturated heterocycles. The third-order valence-corrected chi connectivity index (χ3v) is 2.19. The average Bonchev–Trinajstić information content (AvgIpc) is 2.35. The highest BCUT2D eigenvalue weighted by Crippen LogP contribution is 2.14. The van der Waals surface area contributed by atoms with Gasteiger partial charge in [-0.15, -0.1) is 12.3 Å². The number of terminal acetylenes is 1. The normalized spacial score (nSPS) is 9.28. The number of nitrogens with one attached hydrogen (secondary N) is 2.